The Hall–Kier alpha value is -0.300. The van der Waals surface area contributed by atoms with Crippen LogP contribution in [0.15, 0.2) is 12.2 Å². The number of hydrogen-bond acceptors (Lipinski definition) is 1. The maximum atomic E-state index is 9.69. The van der Waals surface area contributed by atoms with E-state index in [1.165, 1.54) is 5.57 Å². The monoisotopic (exact) mass is 170 g/mol. The van der Waals surface area contributed by atoms with Gasteiger partial charge in [0.15, 0.2) is 0 Å². The predicted octanol–water partition coefficient (Wildman–Crippen LogP) is 3.14. The molecule has 0 aliphatic heterocycles. The Balaban J connectivity index is 3.72. The van der Waals surface area contributed by atoms with E-state index in [2.05, 4.69) is 34.3 Å². The molecule has 0 aliphatic carbocycles. The molecule has 0 aliphatic rings. The summed E-state index contributed by atoms with van der Waals surface area (Å²) in [5.74, 6) is 0. The van der Waals surface area contributed by atoms with Crippen molar-refractivity contribution in [1.29, 1.82) is 0 Å². The molecule has 0 aromatic carbocycles. The molecule has 0 fully saturated rings. The van der Waals surface area contributed by atoms with Gasteiger partial charge in [-0.3, -0.25) is 0 Å². The van der Waals surface area contributed by atoms with E-state index in [1.807, 2.05) is 0 Å². The summed E-state index contributed by atoms with van der Waals surface area (Å²) in [5.41, 5.74) is 1.24. The standard InChI is InChI=1S/C11H22O/c1-6-9(2)7-8-10(12)11(3,4)5/h10,12H,2,6-8H2,1,3-5H3. The lowest BCUT2D eigenvalue weighted by Crippen LogP contribution is -2.25. The van der Waals surface area contributed by atoms with Gasteiger partial charge in [0.2, 0.25) is 0 Å². The van der Waals surface area contributed by atoms with E-state index >= 15 is 0 Å². The Bertz CT molecular complexity index is 142. The maximum Gasteiger partial charge on any atom is 0.0591 e. The number of aliphatic hydroxyl groups excluding tert-OH is 1. The molecular weight excluding hydrogens is 148 g/mol. The lowest BCUT2D eigenvalue weighted by Gasteiger charge is -2.25. The average molecular weight is 170 g/mol. The molecule has 0 rings (SSSR count). The molecule has 0 saturated heterocycles. The Labute approximate surface area is 76.5 Å². The second-order valence-electron chi connectivity index (χ2n) is 4.52. The zero-order valence-electron chi connectivity index (χ0n) is 8.85. The number of aliphatic hydroxyl groups is 1. The summed E-state index contributed by atoms with van der Waals surface area (Å²) in [4.78, 5) is 0. The summed E-state index contributed by atoms with van der Waals surface area (Å²) in [6.07, 6.45) is 2.61. The highest BCUT2D eigenvalue weighted by atomic mass is 16.3. The Kier molecular flexibility index (Phi) is 4.54. The molecule has 1 nitrogen and oxygen atoms in total. The van der Waals surface area contributed by atoms with E-state index in [-0.39, 0.29) is 11.5 Å². The van der Waals surface area contributed by atoms with Crippen LogP contribution in [0.3, 0.4) is 0 Å². The van der Waals surface area contributed by atoms with Crippen molar-refractivity contribution in [2.45, 2.75) is 53.1 Å². The van der Waals surface area contributed by atoms with Gasteiger partial charge in [-0.25, -0.2) is 0 Å². The van der Waals surface area contributed by atoms with Crippen molar-refractivity contribution in [3.63, 3.8) is 0 Å². The van der Waals surface area contributed by atoms with Gasteiger partial charge < -0.3 is 5.11 Å². The minimum absolute atomic E-state index is 0.00796. The zero-order valence-corrected chi connectivity index (χ0v) is 8.85. The molecule has 0 radical (unpaired) electrons. The molecule has 0 bridgehead atoms. The van der Waals surface area contributed by atoms with Crippen LogP contribution in [0.4, 0.5) is 0 Å². The van der Waals surface area contributed by atoms with Crippen molar-refractivity contribution in [2.75, 3.05) is 0 Å². The second-order valence-corrected chi connectivity index (χ2v) is 4.52. The second kappa shape index (κ2) is 4.66. The summed E-state index contributed by atoms with van der Waals surface area (Å²) < 4.78 is 0. The first-order chi connectivity index (χ1) is 5.38. The Morgan fingerprint density at radius 3 is 2.25 bits per heavy atom. The number of rotatable bonds is 4. The molecule has 12 heavy (non-hydrogen) atoms. The maximum absolute atomic E-state index is 9.69. The predicted molar refractivity (Wildman–Crippen MR) is 54.1 cm³/mol. The minimum Gasteiger partial charge on any atom is -0.393 e. The quantitative estimate of drug-likeness (QED) is 0.643. The zero-order chi connectivity index (χ0) is 9.78. The van der Waals surface area contributed by atoms with Gasteiger partial charge in [0, 0.05) is 0 Å². The van der Waals surface area contributed by atoms with E-state index in [9.17, 15) is 5.11 Å². The highest BCUT2D eigenvalue weighted by Crippen LogP contribution is 2.24. The SMILES string of the molecule is C=C(CC)CCC(O)C(C)(C)C. The number of allylic oxidation sites excluding steroid dienone is 1. The van der Waals surface area contributed by atoms with E-state index in [1.54, 1.807) is 0 Å². The van der Waals surface area contributed by atoms with E-state index in [0.29, 0.717) is 0 Å². The van der Waals surface area contributed by atoms with Crippen molar-refractivity contribution in [3.05, 3.63) is 12.2 Å². The van der Waals surface area contributed by atoms with Crippen molar-refractivity contribution in [1.82, 2.24) is 0 Å². The molecule has 0 heterocycles. The van der Waals surface area contributed by atoms with Gasteiger partial charge in [0.25, 0.3) is 0 Å². The third-order valence-electron chi connectivity index (χ3n) is 2.27. The van der Waals surface area contributed by atoms with Crippen molar-refractivity contribution >= 4 is 0 Å². The van der Waals surface area contributed by atoms with E-state index in [0.717, 1.165) is 19.3 Å². The Morgan fingerprint density at radius 1 is 1.42 bits per heavy atom. The first kappa shape index (κ1) is 11.7. The first-order valence-electron chi connectivity index (χ1n) is 4.72. The van der Waals surface area contributed by atoms with Crippen LogP contribution in [0.25, 0.3) is 0 Å². The van der Waals surface area contributed by atoms with Gasteiger partial charge in [-0.2, -0.15) is 0 Å². The largest absolute Gasteiger partial charge is 0.393 e. The fourth-order valence-corrected chi connectivity index (χ4v) is 0.951. The molecule has 1 unspecified atom stereocenters. The fourth-order valence-electron chi connectivity index (χ4n) is 0.951. The summed E-state index contributed by atoms with van der Waals surface area (Å²) in [5, 5.41) is 9.69. The molecule has 0 aromatic rings. The van der Waals surface area contributed by atoms with Gasteiger partial charge in [0.05, 0.1) is 6.10 Å². The highest BCUT2D eigenvalue weighted by molar-refractivity contribution is 4.93. The van der Waals surface area contributed by atoms with Crippen molar-refractivity contribution in [2.24, 2.45) is 5.41 Å². The summed E-state index contributed by atoms with van der Waals surface area (Å²) >= 11 is 0. The van der Waals surface area contributed by atoms with E-state index in [4.69, 9.17) is 0 Å². The summed E-state index contributed by atoms with van der Waals surface area (Å²) in [7, 11) is 0. The summed E-state index contributed by atoms with van der Waals surface area (Å²) in [6, 6.07) is 0. The van der Waals surface area contributed by atoms with Gasteiger partial charge in [-0.1, -0.05) is 39.8 Å². The third kappa shape index (κ3) is 4.55. The van der Waals surface area contributed by atoms with Crippen LogP contribution in [0.1, 0.15) is 47.0 Å². The minimum atomic E-state index is -0.208. The Morgan fingerprint density at radius 2 is 1.92 bits per heavy atom. The highest BCUT2D eigenvalue weighted by Gasteiger charge is 2.21. The van der Waals surface area contributed by atoms with Gasteiger partial charge in [0.1, 0.15) is 0 Å². The molecule has 1 N–H and O–H groups in total. The van der Waals surface area contributed by atoms with E-state index < -0.39 is 0 Å². The molecule has 1 heteroatoms. The summed E-state index contributed by atoms with van der Waals surface area (Å²) in [6.45, 7) is 12.2. The topological polar surface area (TPSA) is 20.2 Å². The first-order valence-corrected chi connectivity index (χ1v) is 4.72. The molecular formula is C11H22O. The lowest BCUT2D eigenvalue weighted by molar-refractivity contribution is 0.0559. The van der Waals surface area contributed by atoms with Crippen LogP contribution < -0.4 is 0 Å². The number of hydrogen-bond donors (Lipinski definition) is 1. The molecule has 72 valence electrons. The molecule has 0 amide bonds. The van der Waals surface area contributed by atoms with Crippen LogP contribution in [0.2, 0.25) is 0 Å². The smallest absolute Gasteiger partial charge is 0.0591 e. The van der Waals surface area contributed by atoms with Crippen LogP contribution in [-0.2, 0) is 0 Å². The molecule has 0 saturated carbocycles. The molecule has 0 spiro atoms. The van der Waals surface area contributed by atoms with Crippen LogP contribution in [0.5, 0.6) is 0 Å². The molecule has 1 atom stereocenters. The fraction of sp³-hybridized carbons (Fsp3) is 0.818. The lowest BCUT2D eigenvalue weighted by atomic mass is 9.85. The van der Waals surface area contributed by atoms with Gasteiger partial charge in [-0.15, -0.1) is 0 Å². The van der Waals surface area contributed by atoms with Crippen LogP contribution >= 0.6 is 0 Å². The van der Waals surface area contributed by atoms with Crippen LogP contribution in [-0.4, -0.2) is 11.2 Å². The normalized spacial score (nSPS) is 14.4. The van der Waals surface area contributed by atoms with Gasteiger partial charge >= 0.3 is 0 Å². The van der Waals surface area contributed by atoms with Crippen molar-refractivity contribution in [3.8, 4) is 0 Å². The van der Waals surface area contributed by atoms with Gasteiger partial charge in [-0.05, 0) is 24.7 Å². The van der Waals surface area contributed by atoms with Crippen molar-refractivity contribution < 1.29 is 5.11 Å². The molecule has 0 aromatic heterocycles. The average Bonchev–Trinajstić information content (AvgIpc) is 1.97. The third-order valence-corrected chi connectivity index (χ3v) is 2.27. The van der Waals surface area contributed by atoms with Crippen LogP contribution in [0, 0.1) is 5.41 Å².